The smallest absolute Gasteiger partial charge is 0.349 e. The zero-order valence-electron chi connectivity index (χ0n) is 13.5. The van der Waals surface area contributed by atoms with Gasteiger partial charge in [0.15, 0.2) is 0 Å². The number of allylic oxidation sites excluding steroid dienone is 3. The van der Waals surface area contributed by atoms with E-state index >= 15 is 0 Å². The molecular formula is C16H26N2O3. The normalized spacial score (nSPS) is 12.4. The molecule has 0 aromatic heterocycles. The van der Waals surface area contributed by atoms with Crippen LogP contribution in [0.15, 0.2) is 22.9 Å². The van der Waals surface area contributed by atoms with Gasteiger partial charge in [-0.3, -0.25) is 0 Å². The summed E-state index contributed by atoms with van der Waals surface area (Å²) >= 11 is 0. The fourth-order valence-electron chi connectivity index (χ4n) is 1.80. The van der Waals surface area contributed by atoms with Crippen molar-refractivity contribution in [3.05, 3.63) is 22.9 Å². The van der Waals surface area contributed by atoms with Gasteiger partial charge in [-0.15, -0.1) is 0 Å². The van der Waals surface area contributed by atoms with Crippen molar-refractivity contribution in [3.63, 3.8) is 0 Å². The lowest BCUT2D eigenvalue weighted by Crippen LogP contribution is -2.15. The Morgan fingerprint density at radius 3 is 2.62 bits per heavy atom. The van der Waals surface area contributed by atoms with Crippen molar-refractivity contribution >= 4 is 5.97 Å². The Bertz CT molecular complexity index is 420. The number of nitrogens with zero attached hydrogens (tertiary/aromatic N) is 1. The molecule has 0 atom stereocenters. The first-order valence-electron chi connectivity index (χ1n) is 7.32. The molecule has 0 aliphatic rings. The molecule has 0 aliphatic heterocycles. The van der Waals surface area contributed by atoms with Crippen LogP contribution in [0.3, 0.4) is 0 Å². The van der Waals surface area contributed by atoms with Crippen LogP contribution in [0.4, 0.5) is 0 Å². The lowest BCUT2D eigenvalue weighted by Gasteiger charge is -2.09. The molecule has 0 saturated heterocycles. The van der Waals surface area contributed by atoms with Crippen molar-refractivity contribution in [3.8, 4) is 6.07 Å². The Morgan fingerprint density at radius 2 is 2.10 bits per heavy atom. The minimum Gasteiger partial charge on any atom is -0.462 e. The largest absolute Gasteiger partial charge is 0.462 e. The van der Waals surface area contributed by atoms with Gasteiger partial charge >= 0.3 is 5.97 Å². The molecule has 0 radical (unpaired) electrons. The highest BCUT2D eigenvalue weighted by molar-refractivity contribution is 5.94. The SMILES string of the molecule is CCCC(/C=C(\C)NCCCOC)=C(\C#N)C(=O)OCC. The molecule has 0 unspecified atom stereocenters. The van der Waals surface area contributed by atoms with E-state index in [9.17, 15) is 10.1 Å². The van der Waals surface area contributed by atoms with E-state index in [4.69, 9.17) is 9.47 Å². The fraction of sp³-hybridized carbons (Fsp3) is 0.625. The first-order valence-corrected chi connectivity index (χ1v) is 7.32. The van der Waals surface area contributed by atoms with Crippen molar-refractivity contribution in [2.75, 3.05) is 26.9 Å². The van der Waals surface area contributed by atoms with Gasteiger partial charge in [-0.05, 0) is 38.3 Å². The summed E-state index contributed by atoms with van der Waals surface area (Å²) in [6.45, 7) is 7.41. The number of methoxy groups -OCH3 is 1. The summed E-state index contributed by atoms with van der Waals surface area (Å²) in [5.41, 5.74) is 1.73. The molecule has 0 aromatic rings. The molecule has 0 amide bonds. The van der Waals surface area contributed by atoms with E-state index in [-0.39, 0.29) is 12.2 Å². The third-order valence-corrected chi connectivity index (χ3v) is 2.75. The molecule has 1 N–H and O–H groups in total. The topological polar surface area (TPSA) is 71.3 Å². The van der Waals surface area contributed by atoms with Crippen molar-refractivity contribution in [2.24, 2.45) is 0 Å². The van der Waals surface area contributed by atoms with E-state index in [1.54, 1.807) is 14.0 Å². The van der Waals surface area contributed by atoms with E-state index < -0.39 is 5.97 Å². The summed E-state index contributed by atoms with van der Waals surface area (Å²) in [6, 6.07) is 1.97. The van der Waals surface area contributed by atoms with Gasteiger partial charge in [0, 0.05) is 26.0 Å². The van der Waals surface area contributed by atoms with E-state index in [1.165, 1.54) is 0 Å². The third kappa shape index (κ3) is 8.16. The van der Waals surface area contributed by atoms with Gasteiger partial charge in [-0.1, -0.05) is 13.3 Å². The zero-order chi connectivity index (χ0) is 16.1. The number of nitrogens with one attached hydrogen (secondary N) is 1. The highest BCUT2D eigenvalue weighted by Gasteiger charge is 2.14. The number of esters is 1. The molecule has 0 aromatic carbocycles. The van der Waals surface area contributed by atoms with E-state index in [1.807, 2.05) is 26.0 Å². The van der Waals surface area contributed by atoms with E-state index in [0.29, 0.717) is 13.0 Å². The third-order valence-electron chi connectivity index (χ3n) is 2.75. The second kappa shape index (κ2) is 12.0. The van der Waals surface area contributed by atoms with Crippen LogP contribution in [0, 0.1) is 11.3 Å². The number of nitriles is 1. The molecule has 118 valence electrons. The van der Waals surface area contributed by atoms with Crippen LogP contribution in [0.25, 0.3) is 0 Å². The second-order valence-corrected chi connectivity index (χ2v) is 4.58. The Hall–Kier alpha value is -1.80. The highest BCUT2D eigenvalue weighted by Crippen LogP contribution is 2.15. The summed E-state index contributed by atoms with van der Waals surface area (Å²) in [6.07, 6.45) is 4.27. The van der Waals surface area contributed by atoms with Crippen LogP contribution in [0.5, 0.6) is 0 Å². The van der Waals surface area contributed by atoms with Crippen LogP contribution >= 0.6 is 0 Å². The lowest BCUT2D eigenvalue weighted by atomic mass is 10.0. The summed E-state index contributed by atoms with van der Waals surface area (Å²) in [4.78, 5) is 11.8. The maximum absolute atomic E-state index is 11.8. The molecule has 0 heterocycles. The van der Waals surface area contributed by atoms with Gasteiger partial charge < -0.3 is 14.8 Å². The van der Waals surface area contributed by atoms with Crippen LogP contribution < -0.4 is 5.32 Å². The molecule has 5 heteroatoms. The Morgan fingerprint density at radius 1 is 1.38 bits per heavy atom. The van der Waals surface area contributed by atoms with Crippen molar-refractivity contribution in [1.82, 2.24) is 5.32 Å². The summed E-state index contributed by atoms with van der Waals surface area (Å²) in [7, 11) is 1.67. The van der Waals surface area contributed by atoms with Crippen LogP contribution in [-0.2, 0) is 14.3 Å². The van der Waals surface area contributed by atoms with E-state index in [2.05, 4.69) is 5.32 Å². The number of carbonyl (C=O) groups is 1. The predicted octanol–water partition coefficient (Wildman–Crippen LogP) is 2.70. The number of rotatable bonds is 10. The number of ether oxygens (including phenoxy) is 2. The number of hydrogen-bond donors (Lipinski definition) is 1. The molecule has 0 rings (SSSR count). The molecule has 0 spiro atoms. The number of carbonyl (C=O) groups excluding carboxylic acids is 1. The van der Waals surface area contributed by atoms with Gasteiger partial charge in [-0.25, -0.2) is 4.79 Å². The molecule has 0 aliphatic carbocycles. The van der Waals surface area contributed by atoms with Crippen LogP contribution in [-0.4, -0.2) is 32.8 Å². The fourth-order valence-corrected chi connectivity index (χ4v) is 1.80. The molecular weight excluding hydrogens is 268 g/mol. The highest BCUT2D eigenvalue weighted by atomic mass is 16.5. The predicted molar refractivity (Wildman–Crippen MR) is 82.4 cm³/mol. The van der Waals surface area contributed by atoms with Crippen LogP contribution in [0.1, 0.15) is 40.0 Å². The van der Waals surface area contributed by atoms with Gasteiger partial charge in [-0.2, -0.15) is 5.26 Å². The summed E-state index contributed by atoms with van der Waals surface area (Å²) < 4.78 is 9.92. The van der Waals surface area contributed by atoms with Crippen molar-refractivity contribution < 1.29 is 14.3 Å². The van der Waals surface area contributed by atoms with Gasteiger partial charge in [0.2, 0.25) is 0 Å². The zero-order valence-corrected chi connectivity index (χ0v) is 13.5. The number of hydrogen-bond acceptors (Lipinski definition) is 5. The summed E-state index contributed by atoms with van der Waals surface area (Å²) in [5.74, 6) is -0.549. The Labute approximate surface area is 127 Å². The molecule has 0 bridgehead atoms. The van der Waals surface area contributed by atoms with Crippen LogP contribution in [0.2, 0.25) is 0 Å². The first-order chi connectivity index (χ1) is 10.1. The summed E-state index contributed by atoms with van der Waals surface area (Å²) in [5, 5.41) is 12.4. The lowest BCUT2D eigenvalue weighted by molar-refractivity contribution is -0.138. The average molecular weight is 294 g/mol. The Balaban J connectivity index is 5.00. The maximum Gasteiger partial charge on any atom is 0.349 e. The van der Waals surface area contributed by atoms with Crippen molar-refractivity contribution in [2.45, 2.75) is 40.0 Å². The van der Waals surface area contributed by atoms with E-state index in [0.717, 1.165) is 30.7 Å². The standard InChI is InChI=1S/C16H26N2O3/c1-5-8-14(15(12-17)16(19)21-6-2)11-13(3)18-9-7-10-20-4/h11,18H,5-10H2,1-4H3/b13-11+,15-14-. The quantitative estimate of drug-likeness (QED) is 0.220. The molecule has 0 saturated carbocycles. The molecule has 21 heavy (non-hydrogen) atoms. The monoisotopic (exact) mass is 294 g/mol. The molecule has 5 nitrogen and oxygen atoms in total. The minimum absolute atomic E-state index is 0.0942. The van der Waals surface area contributed by atoms with Gasteiger partial charge in [0.05, 0.1) is 6.61 Å². The minimum atomic E-state index is -0.549. The second-order valence-electron chi connectivity index (χ2n) is 4.58. The van der Waals surface area contributed by atoms with Gasteiger partial charge in [0.1, 0.15) is 11.6 Å². The Kier molecular flexibility index (Phi) is 11.0. The molecule has 0 fully saturated rings. The maximum atomic E-state index is 11.8. The van der Waals surface area contributed by atoms with Crippen molar-refractivity contribution in [1.29, 1.82) is 5.26 Å². The van der Waals surface area contributed by atoms with Gasteiger partial charge in [0.25, 0.3) is 0 Å². The average Bonchev–Trinajstić information content (AvgIpc) is 2.45. The first kappa shape index (κ1) is 19.2.